The zero-order valence-electron chi connectivity index (χ0n) is 17.3. The molecule has 2 heterocycles. The lowest BCUT2D eigenvalue weighted by molar-refractivity contribution is -0.113. The second kappa shape index (κ2) is 9.57. The molecule has 4 rings (SSSR count). The van der Waals surface area contributed by atoms with Crippen LogP contribution in [0.1, 0.15) is 17.0 Å². The van der Waals surface area contributed by atoms with Crippen molar-refractivity contribution < 1.29 is 9.53 Å². The van der Waals surface area contributed by atoms with Crippen molar-refractivity contribution in [2.75, 3.05) is 11.1 Å². The van der Waals surface area contributed by atoms with Crippen molar-refractivity contribution in [3.8, 4) is 5.75 Å². The number of thioether (sulfide) groups is 1. The number of carbonyl (C=O) groups excluding carboxylic acids is 1. The third kappa shape index (κ3) is 5.58. The molecule has 4 aromatic rings. The van der Waals surface area contributed by atoms with E-state index < -0.39 is 0 Å². The molecule has 0 radical (unpaired) electrons. The van der Waals surface area contributed by atoms with Gasteiger partial charge in [-0.1, -0.05) is 42.1 Å². The lowest BCUT2D eigenvalue weighted by Gasteiger charge is -2.10. The number of benzene rings is 2. The molecule has 156 valence electrons. The number of para-hydroxylation sites is 1. The van der Waals surface area contributed by atoms with Crippen LogP contribution in [0.15, 0.2) is 72.0 Å². The number of aromatic nitrogens is 3. The molecule has 31 heavy (non-hydrogen) atoms. The first kappa shape index (κ1) is 20.8. The Labute approximate surface area is 185 Å². The minimum absolute atomic E-state index is 0.107. The van der Waals surface area contributed by atoms with E-state index in [0.717, 1.165) is 39.3 Å². The van der Waals surface area contributed by atoms with E-state index in [2.05, 4.69) is 20.3 Å². The van der Waals surface area contributed by atoms with Gasteiger partial charge < -0.3 is 10.1 Å². The van der Waals surface area contributed by atoms with E-state index in [1.54, 1.807) is 6.20 Å². The molecule has 0 saturated carbocycles. The summed E-state index contributed by atoms with van der Waals surface area (Å²) in [4.78, 5) is 25.5. The Morgan fingerprint density at radius 3 is 2.61 bits per heavy atom. The van der Waals surface area contributed by atoms with E-state index in [1.165, 1.54) is 11.8 Å². The molecule has 2 aromatic heterocycles. The molecule has 6 nitrogen and oxygen atoms in total. The number of aryl methyl sites for hydroxylation is 2. The topological polar surface area (TPSA) is 77.0 Å². The normalized spacial score (nSPS) is 10.8. The molecule has 0 saturated heterocycles. The van der Waals surface area contributed by atoms with Crippen LogP contribution >= 0.6 is 11.8 Å². The van der Waals surface area contributed by atoms with Crippen LogP contribution in [0.2, 0.25) is 0 Å². The van der Waals surface area contributed by atoms with Gasteiger partial charge >= 0.3 is 0 Å². The minimum atomic E-state index is -0.107. The highest BCUT2D eigenvalue weighted by atomic mass is 32.2. The number of amides is 1. The predicted molar refractivity (Wildman–Crippen MR) is 123 cm³/mol. The largest absolute Gasteiger partial charge is 0.487 e. The lowest BCUT2D eigenvalue weighted by Crippen LogP contribution is -2.14. The number of rotatable bonds is 7. The summed E-state index contributed by atoms with van der Waals surface area (Å²) >= 11 is 1.32. The molecule has 1 N–H and O–H groups in total. The van der Waals surface area contributed by atoms with Gasteiger partial charge in [0.25, 0.3) is 0 Å². The molecule has 0 aliphatic carbocycles. The first-order valence-corrected chi connectivity index (χ1v) is 10.9. The van der Waals surface area contributed by atoms with Crippen molar-refractivity contribution in [3.63, 3.8) is 0 Å². The van der Waals surface area contributed by atoms with E-state index in [0.29, 0.717) is 11.8 Å². The quantitative estimate of drug-likeness (QED) is 0.330. The van der Waals surface area contributed by atoms with Gasteiger partial charge in [-0.15, -0.1) is 0 Å². The van der Waals surface area contributed by atoms with Gasteiger partial charge in [-0.3, -0.25) is 9.78 Å². The third-order valence-electron chi connectivity index (χ3n) is 4.49. The van der Waals surface area contributed by atoms with E-state index in [-0.39, 0.29) is 11.7 Å². The average molecular weight is 431 g/mol. The molecular formula is C24H22N4O2S. The number of hydrogen-bond donors (Lipinski definition) is 1. The van der Waals surface area contributed by atoms with Crippen LogP contribution in [-0.4, -0.2) is 26.6 Å². The average Bonchev–Trinajstić information content (AvgIpc) is 2.76. The van der Waals surface area contributed by atoms with Crippen LogP contribution < -0.4 is 10.1 Å². The van der Waals surface area contributed by atoms with Crippen molar-refractivity contribution in [2.24, 2.45) is 0 Å². The molecule has 0 spiro atoms. The summed E-state index contributed by atoms with van der Waals surface area (Å²) in [5.41, 5.74) is 4.30. The van der Waals surface area contributed by atoms with Crippen molar-refractivity contribution >= 4 is 34.3 Å². The summed E-state index contributed by atoms with van der Waals surface area (Å²) in [6.45, 7) is 4.21. The standard InChI is InChI=1S/C24H22N4O2S/c1-16-12-17(2)27-24(26-16)31-15-22(29)28-20-9-3-6-18(13-20)14-30-21-10-4-7-19-8-5-11-25-23(19)21/h3-13H,14-15H2,1-2H3,(H,28,29). The number of ether oxygens (including phenoxy) is 1. The van der Waals surface area contributed by atoms with Crippen molar-refractivity contribution in [1.82, 2.24) is 15.0 Å². The van der Waals surface area contributed by atoms with Crippen LogP contribution in [0.3, 0.4) is 0 Å². The zero-order valence-corrected chi connectivity index (χ0v) is 18.1. The number of hydrogen-bond acceptors (Lipinski definition) is 6. The summed E-state index contributed by atoms with van der Waals surface area (Å²) in [5, 5.41) is 4.57. The van der Waals surface area contributed by atoms with Gasteiger partial charge in [-0.05, 0) is 49.7 Å². The number of nitrogens with one attached hydrogen (secondary N) is 1. The van der Waals surface area contributed by atoms with Crippen LogP contribution in [-0.2, 0) is 11.4 Å². The van der Waals surface area contributed by atoms with Gasteiger partial charge in [0, 0.05) is 28.7 Å². The first-order chi connectivity index (χ1) is 15.1. The maximum absolute atomic E-state index is 12.4. The van der Waals surface area contributed by atoms with Crippen LogP contribution in [0.4, 0.5) is 5.69 Å². The molecule has 0 fully saturated rings. The maximum atomic E-state index is 12.4. The van der Waals surface area contributed by atoms with Crippen LogP contribution in [0.5, 0.6) is 5.75 Å². The van der Waals surface area contributed by atoms with Gasteiger partial charge in [-0.2, -0.15) is 0 Å². The van der Waals surface area contributed by atoms with Crippen LogP contribution in [0.25, 0.3) is 10.9 Å². The number of pyridine rings is 1. The lowest BCUT2D eigenvalue weighted by atomic mass is 10.2. The Morgan fingerprint density at radius 2 is 1.77 bits per heavy atom. The monoisotopic (exact) mass is 430 g/mol. The Bertz CT molecular complexity index is 1200. The smallest absolute Gasteiger partial charge is 0.234 e. The second-order valence-electron chi connectivity index (χ2n) is 7.09. The Hall–Kier alpha value is -3.45. The van der Waals surface area contributed by atoms with E-state index in [1.807, 2.05) is 74.5 Å². The van der Waals surface area contributed by atoms with Crippen LogP contribution in [0, 0.1) is 13.8 Å². The Balaban J connectivity index is 1.36. The number of nitrogens with zero attached hydrogens (tertiary/aromatic N) is 3. The number of fused-ring (bicyclic) bond motifs is 1. The summed E-state index contributed by atoms with van der Waals surface area (Å²) in [7, 11) is 0. The summed E-state index contributed by atoms with van der Waals surface area (Å²) in [6, 6.07) is 19.3. The van der Waals surface area contributed by atoms with Gasteiger partial charge in [0.15, 0.2) is 5.16 Å². The SMILES string of the molecule is Cc1cc(C)nc(SCC(=O)Nc2cccc(COc3cccc4cccnc34)c2)n1. The molecule has 0 atom stereocenters. The highest BCUT2D eigenvalue weighted by molar-refractivity contribution is 7.99. The Morgan fingerprint density at radius 1 is 1.00 bits per heavy atom. The van der Waals surface area contributed by atoms with Gasteiger partial charge in [0.2, 0.25) is 5.91 Å². The van der Waals surface area contributed by atoms with Crippen molar-refractivity contribution in [3.05, 3.63) is 83.8 Å². The van der Waals surface area contributed by atoms with E-state index in [9.17, 15) is 4.79 Å². The summed E-state index contributed by atoms with van der Waals surface area (Å²) in [6.07, 6.45) is 1.76. The van der Waals surface area contributed by atoms with Gasteiger partial charge in [0.1, 0.15) is 17.9 Å². The van der Waals surface area contributed by atoms with Gasteiger partial charge in [-0.25, -0.2) is 9.97 Å². The summed E-state index contributed by atoms with van der Waals surface area (Å²) in [5.74, 6) is 0.868. The molecule has 0 aliphatic heterocycles. The maximum Gasteiger partial charge on any atom is 0.234 e. The molecule has 7 heteroatoms. The summed E-state index contributed by atoms with van der Waals surface area (Å²) < 4.78 is 6.00. The molecule has 0 bridgehead atoms. The fourth-order valence-corrected chi connectivity index (χ4v) is 3.93. The third-order valence-corrected chi connectivity index (χ3v) is 5.34. The van der Waals surface area contributed by atoms with Gasteiger partial charge in [0.05, 0.1) is 5.75 Å². The molecule has 0 aliphatic rings. The van der Waals surface area contributed by atoms with E-state index >= 15 is 0 Å². The Kier molecular flexibility index (Phi) is 6.43. The van der Waals surface area contributed by atoms with Crippen molar-refractivity contribution in [1.29, 1.82) is 0 Å². The number of anilines is 1. The molecule has 1 amide bonds. The minimum Gasteiger partial charge on any atom is -0.487 e. The second-order valence-corrected chi connectivity index (χ2v) is 8.03. The fraction of sp³-hybridized carbons (Fsp3) is 0.167. The van der Waals surface area contributed by atoms with Crippen molar-refractivity contribution in [2.45, 2.75) is 25.6 Å². The van der Waals surface area contributed by atoms with E-state index in [4.69, 9.17) is 4.74 Å². The molecular weight excluding hydrogens is 408 g/mol. The fourth-order valence-electron chi connectivity index (χ4n) is 3.18. The number of carbonyl (C=O) groups is 1. The molecule has 2 aromatic carbocycles. The highest BCUT2D eigenvalue weighted by Gasteiger charge is 2.08. The molecule has 0 unspecified atom stereocenters. The first-order valence-electron chi connectivity index (χ1n) is 9.87. The highest BCUT2D eigenvalue weighted by Crippen LogP contribution is 2.24. The zero-order chi connectivity index (χ0) is 21.6. The predicted octanol–water partition coefficient (Wildman–Crippen LogP) is 4.95.